The number of anilines is 1. The number of alkyl halides is 3. The molecule has 0 aliphatic carbocycles. The van der Waals surface area contributed by atoms with Crippen LogP contribution in [0.5, 0.6) is 0 Å². The topological polar surface area (TPSA) is 86.2 Å². The molecule has 1 N–H and O–H groups in total. The SMILES string of the molecule is Cc1ccc(N2CCN(Cc3ccccc3)C3(CCN(CC4CCOCC4)CC3)C2=O)cn1.O=C(O)C(F)(F)F. The van der Waals surface area contributed by atoms with Crippen LogP contribution in [0.25, 0.3) is 0 Å². The van der Waals surface area contributed by atoms with E-state index < -0.39 is 17.7 Å². The van der Waals surface area contributed by atoms with Gasteiger partial charge in [-0.05, 0) is 56.2 Å². The number of amides is 1. The number of carbonyl (C=O) groups is 2. The van der Waals surface area contributed by atoms with Crippen molar-refractivity contribution in [1.82, 2.24) is 14.8 Å². The van der Waals surface area contributed by atoms with Gasteiger partial charge in [0.05, 0.1) is 11.9 Å². The van der Waals surface area contributed by atoms with E-state index in [1.807, 2.05) is 30.2 Å². The number of aliphatic carboxylic acids is 1. The van der Waals surface area contributed by atoms with Crippen molar-refractivity contribution in [3.63, 3.8) is 0 Å². The molecule has 218 valence electrons. The Balaban J connectivity index is 0.000000470. The summed E-state index contributed by atoms with van der Waals surface area (Å²) in [6.07, 6.45) is 0.868. The van der Waals surface area contributed by atoms with Crippen LogP contribution in [0.3, 0.4) is 0 Å². The summed E-state index contributed by atoms with van der Waals surface area (Å²) in [5, 5.41) is 7.12. The lowest BCUT2D eigenvalue weighted by molar-refractivity contribution is -0.192. The second kappa shape index (κ2) is 13.1. The number of hydrogen-bond acceptors (Lipinski definition) is 6. The number of piperidine rings is 1. The third-order valence-electron chi connectivity index (χ3n) is 8.05. The molecule has 1 aromatic carbocycles. The van der Waals surface area contributed by atoms with Crippen molar-refractivity contribution in [1.29, 1.82) is 0 Å². The van der Waals surface area contributed by atoms with Crippen molar-refractivity contribution in [2.24, 2.45) is 5.92 Å². The molecule has 40 heavy (non-hydrogen) atoms. The van der Waals surface area contributed by atoms with E-state index in [4.69, 9.17) is 14.6 Å². The first-order valence-corrected chi connectivity index (χ1v) is 13.7. The first-order valence-electron chi connectivity index (χ1n) is 13.7. The van der Waals surface area contributed by atoms with Crippen molar-refractivity contribution in [2.45, 2.75) is 50.9 Å². The Kier molecular flexibility index (Phi) is 9.81. The minimum atomic E-state index is -5.08. The van der Waals surface area contributed by atoms with E-state index in [-0.39, 0.29) is 5.91 Å². The van der Waals surface area contributed by atoms with Crippen LogP contribution < -0.4 is 4.90 Å². The van der Waals surface area contributed by atoms with E-state index in [9.17, 15) is 18.0 Å². The van der Waals surface area contributed by atoms with Crippen LogP contribution in [0.2, 0.25) is 0 Å². The number of aryl methyl sites for hydroxylation is 1. The van der Waals surface area contributed by atoms with Gasteiger partial charge in [-0.15, -0.1) is 0 Å². The van der Waals surface area contributed by atoms with Crippen molar-refractivity contribution >= 4 is 17.6 Å². The monoisotopic (exact) mass is 562 g/mol. The van der Waals surface area contributed by atoms with Gasteiger partial charge < -0.3 is 19.6 Å². The number of likely N-dealkylation sites (tertiary alicyclic amines) is 1. The number of hydrogen-bond donors (Lipinski definition) is 1. The van der Waals surface area contributed by atoms with E-state index in [1.165, 1.54) is 5.56 Å². The number of nitrogens with zero attached hydrogens (tertiary/aromatic N) is 4. The lowest BCUT2D eigenvalue weighted by Gasteiger charge is -2.53. The Labute approximate surface area is 232 Å². The van der Waals surface area contributed by atoms with Gasteiger partial charge in [-0.3, -0.25) is 14.7 Å². The first-order chi connectivity index (χ1) is 19.1. The summed E-state index contributed by atoms with van der Waals surface area (Å²) in [5.41, 5.74) is 2.74. The second-order valence-corrected chi connectivity index (χ2v) is 10.7. The Morgan fingerprint density at radius 3 is 2.27 bits per heavy atom. The van der Waals surface area contributed by atoms with E-state index in [2.05, 4.69) is 45.1 Å². The fourth-order valence-corrected chi connectivity index (χ4v) is 5.75. The smallest absolute Gasteiger partial charge is 0.475 e. The van der Waals surface area contributed by atoms with Crippen LogP contribution in [0.15, 0.2) is 48.7 Å². The lowest BCUT2D eigenvalue weighted by Crippen LogP contribution is -2.68. The van der Waals surface area contributed by atoms with Gasteiger partial charge in [0.1, 0.15) is 5.54 Å². The average Bonchev–Trinajstić information content (AvgIpc) is 2.94. The molecule has 1 amide bonds. The van der Waals surface area contributed by atoms with Gasteiger partial charge in [-0.25, -0.2) is 4.79 Å². The number of piperazine rings is 1. The van der Waals surface area contributed by atoms with Crippen molar-refractivity contribution in [2.75, 3.05) is 50.8 Å². The molecule has 2 aromatic rings. The normalized spacial score (nSPS) is 20.7. The maximum absolute atomic E-state index is 14.1. The maximum atomic E-state index is 14.1. The maximum Gasteiger partial charge on any atom is 0.490 e. The van der Waals surface area contributed by atoms with Crippen molar-refractivity contribution in [3.05, 3.63) is 59.9 Å². The van der Waals surface area contributed by atoms with E-state index in [0.717, 1.165) is 88.9 Å². The van der Waals surface area contributed by atoms with Crippen molar-refractivity contribution < 1.29 is 32.6 Å². The zero-order valence-electron chi connectivity index (χ0n) is 22.8. The van der Waals surface area contributed by atoms with E-state index in [0.29, 0.717) is 6.54 Å². The molecule has 0 atom stereocenters. The number of carboxylic acids is 1. The Morgan fingerprint density at radius 2 is 1.70 bits per heavy atom. The van der Waals surface area contributed by atoms with Gasteiger partial charge in [-0.2, -0.15) is 13.2 Å². The third-order valence-corrected chi connectivity index (χ3v) is 8.05. The molecule has 1 aromatic heterocycles. The summed E-state index contributed by atoms with van der Waals surface area (Å²) in [6, 6.07) is 14.6. The molecule has 3 aliphatic rings. The highest BCUT2D eigenvalue weighted by Gasteiger charge is 2.51. The van der Waals surface area contributed by atoms with Crippen LogP contribution >= 0.6 is 0 Å². The van der Waals surface area contributed by atoms with Gasteiger partial charge >= 0.3 is 12.1 Å². The molecule has 3 aliphatic heterocycles. The Morgan fingerprint density at radius 1 is 1.05 bits per heavy atom. The summed E-state index contributed by atoms with van der Waals surface area (Å²) in [5.74, 6) is -1.78. The van der Waals surface area contributed by atoms with Crippen molar-refractivity contribution in [3.8, 4) is 0 Å². The molecule has 11 heteroatoms. The van der Waals surface area contributed by atoms with Gasteiger partial charge in [-0.1, -0.05) is 30.3 Å². The highest BCUT2D eigenvalue weighted by molar-refractivity contribution is 6.01. The number of aromatic nitrogens is 1. The van der Waals surface area contributed by atoms with Crippen LogP contribution in [0.4, 0.5) is 18.9 Å². The fourth-order valence-electron chi connectivity index (χ4n) is 5.75. The molecule has 0 radical (unpaired) electrons. The standard InChI is InChI=1S/C27H36N4O2.C2HF3O2/c1-22-7-8-25(19-28-22)31-16-15-30(21-23-5-3-2-4-6-23)27(26(31)32)11-13-29(14-12-27)20-24-9-17-33-18-10-24;3-2(4,5)1(6)7/h2-8,19,24H,9-18,20-21H2,1H3;(H,6,7). The predicted octanol–water partition coefficient (Wildman–Crippen LogP) is 4.13. The lowest BCUT2D eigenvalue weighted by atomic mass is 9.81. The quantitative estimate of drug-likeness (QED) is 0.587. The number of carboxylic acid groups (broad SMARTS) is 1. The Hall–Kier alpha value is -3.02. The molecule has 0 bridgehead atoms. The molecule has 3 fully saturated rings. The number of rotatable bonds is 5. The van der Waals surface area contributed by atoms with E-state index in [1.54, 1.807) is 0 Å². The number of ether oxygens (including phenoxy) is 1. The zero-order valence-corrected chi connectivity index (χ0v) is 22.8. The molecule has 3 saturated heterocycles. The summed E-state index contributed by atoms with van der Waals surface area (Å²) in [7, 11) is 0. The fraction of sp³-hybridized carbons (Fsp3) is 0.552. The minimum Gasteiger partial charge on any atom is -0.475 e. The van der Waals surface area contributed by atoms with Crippen LogP contribution in [-0.4, -0.2) is 89.4 Å². The largest absolute Gasteiger partial charge is 0.490 e. The second-order valence-electron chi connectivity index (χ2n) is 10.7. The predicted molar refractivity (Wildman–Crippen MR) is 144 cm³/mol. The van der Waals surface area contributed by atoms with Gasteiger partial charge in [0.2, 0.25) is 5.91 Å². The molecule has 5 rings (SSSR count). The van der Waals surface area contributed by atoms with Crippen LogP contribution in [-0.2, 0) is 20.9 Å². The summed E-state index contributed by atoms with van der Waals surface area (Å²) < 4.78 is 37.3. The van der Waals surface area contributed by atoms with Gasteiger partial charge in [0, 0.05) is 58.2 Å². The molecular formula is C29H37F3N4O4. The Bertz CT molecular complexity index is 1120. The molecule has 0 saturated carbocycles. The number of carbonyl (C=O) groups excluding carboxylic acids is 1. The molecule has 1 spiro atoms. The summed E-state index contributed by atoms with van der Waals surface area (Å²) in [6.45, 7) is 9.29. The van der Waals surface area contributed by atoms with Crippen LogP contribution in [0.1, 0.15) is 36.9 Å². The number of pyridine rings is 1. The molecule has 4 heterocycles. The number of halogens is 3. The van der Waals surface area contributed by atoms with Crippen LogP contribution in [0, 0.1) is 12.8 Å². The third kappa shape index (κ3) is 7.38. The average molecular weight is 563 g/mol. The van der Waals surface area contributed by atoms with Gasteiger partial charge in [0.25, 0.3) is 0 Å². The minimum absolute atomic E-state index is 0.251. The van der Waals surface area contributed by atoms with E-state index >= 15 is 0 Å². The highest BCUT2D eigenvalue weighted by atomic mass is 19.4. The highest BCUT2D eigenvalue weighted by Crippen LogP contribution is 2.37. The molecule has 8 nitrogen and oxygen atoms in total. The molecular weight excluding hydrogens is 525 g/mol. The first kappa shape index (κ1) is 30.0. The van der Waals surface area contributed by atoms with Gasteiger partial charge in [0.15, 0.2) is 0 Å². The zero-order chi connectivity index (χ0) is 28.8. The summed E-state index contributed by atoms with van der Waals surface area (Å²) in [4.78, 5) is 34.5. The molecule has 0 unspecified atom stereocenters. The summed E-state index contributed by atoms with van der Waals surface area (Å²) >= 11 is 0. The number of benzene rings is 1.